The molecule has 3 aromatic carbocycles. The molecular formula is C26H25FN2O3S. The third-order valence-electron chi connectivity index (χ3n) is 5.67. The zero-order chi connectivity index (χ0) is 23.8. The molecule has 0 saturated heterocycles. The molecule has 0 atom stereocenters. The number of aromatic nitrogens is 1. The van der Waals surface area contributed by atoms with Crippen LogP contribution in [-0.2, 0) is 23.1 Å². The number of hydrogen-bond acceptors (Lipinski definition) is 3. The Hall–Kier alpha value is -3.29. The van der Waals surface area contributed by atoms with Crippen LogP contribution in [0, 0.1) is 26.6 Å². The summed E-state index contributed by atoms with van der Waals surface area (Å²) in [4.78, 5) is 15.7. The lowest BCUT2D eigenvalue weighted by Gasteiger charge is -2.23. The van der Waals surface area contributed by atoms with Crippen molar-refractivity contribution in [2.24, 2.45) is 0 Å². The maximum absolute atomic E-state index is 13.5. The highest BCUT2D eigenvalue weighted by Crippen LogP contribution is 2.23. The molecule has 33 heavy (non-hydrogen) atoms. The van der Waals surface area contributed by atoms with E-state index in [0.29, 0.717) is 11.1 Å². The largest absolute Gasteiger partial charge is 0.322 e. The Morgan fingerprint density at radius 3 is 2.18 bits per heavy atom. The highest BCUT2D eigenvalue weighted by atomic mass is 32.2. The highest BCUT2D eigenvalue weighted by molar-refractivity contribution is 7.89. The Kier molecular flexibility index (Phi) is 6.19. The maximum atomic E-state index is 13.5. The standard InChI is InChI=1S/C26H25FN2O3S/c1-17-4-6-20(7-5-17)15-29(33(31,32)23-10-8-22(27)9-11-23)16-21-14-24-19(3)12-18(2)13-25(24)28-26(21)30/h4-14H,15-16H2,1-3H3,(H,28,30). The van der Waals surface area contributed by atoms with Gasteiger partial charge in [0.25, 0.3) is 5.56 Å². The highest BCUT2D eigenvalue weighted by Gasteiger charge is 2.26. The first-order valence-electron chi connectivity index (χ1n) is 10.6. The van der Waals surface area contributed by atoms with Crippen LogP contribution in [0.5, 0.6) is 0 Å². The molecule has 5 nitrogen and oxygen atoms in total. The van der Waals surface area contributed by atoms with E-state index in [1.807, 2.05) is 57.2 Å². The molecule has 1 heterocycles. The van der Waals surface area contributed by atoms with Crippen LogP contribution >= 0.6 is 0 Å². The third kappa shape index (κ3) is 4.89. The fourth-order valence-electron chi connectivity index (χ4n) is 3.90. The number of nitrogens with one attached hydrogen (secondary N) is 1. The van der Waals surface area contributed by atoms with Gasteiger partial charge in [0.15, 0.2) is 0 Å². The number of H-pyrrole nitrogens is 1. The molecule has 0 fully saturated rings. The molecule has 170 valence electrons. The van der Waals surface area contributed by atoms with Crippen LogP contribution in [0.15, 0.2) is 76.4 Å². The first-order chi connectivity index (χ1) is 15.6. The van der Waals surface area contributed by atoms with Gasteiger partial charge < -0.3 is 4.98 Å². The summed E-state index contributed by atoms with van der Waals surface area (Å²) in [6, 6.07) is 17.9. The molecule has 7 heteroatoms. The van der Waals surface area contributed by atoms with E-state index >= 15 is 0 Å². The van der Waals surface area contributed by atoms with Gasteiger partial charge in [-0.1, -0.05) is 35.9 Å². The zero-order valence-corrected chi connectivity index (χ0v) is 19.5. The van der Waals surface area contributed by atoms with Gasteiger partial charge in [0.1, 0.15) is 5.82 Å². The van der Waals surface area contributed by atoms with Crippen molar-refractivity contribution in [2.75, 3.05) is 0 Å². The van der Waals surface area contributed by atoms with Crippen molar-refractivity contribution in [2.45, 2.75) is 38.8 Å². The summed E-state index contributed by atoms with van der Waals surface area (Å²) in [7, 11) is -4.00. The number of benzene rings is 3. The minimum absolute atomic E-state index is 0.0277. The van der Waals surface area contributed by atoms with Crippen LogP contribution in [0.1, 0.15) is 27.8 Å². The molecule has 0 aliphatic carbocycles. The van der Waals surface area contributed by atoms with Crippen molar-refractivity contribution in [1.82, 2.24) is 9.29 Å². The molecule has 4 aromatic rings. The minimum atomic E-state index is -4.00. The van der Waals surface area contributed by atoms with E-state index in [1.54, 1.807) is 6.07 Å². The predicted molar refractivity (Wildman–Crippen MR) is 128 cm³/mol. The average molecular weight is 465 g/mol. The maximum Gasteiger partial charge on any atom is 0.252 e. The first kappa shape index (κ1) is 22.9. The summed E-state index contributed by atoms with van der Waals surface area (Å²) >= 11 is 0. The van der Waals surface area contributed by atoms with Gasteiger partial charge >= 0.3 is 0 Å². The van der Waals surface area contributed by atoms with Crippen LogP contribution in [0.4, 0.5) is 4.39 Å². The monoisotopic (exact) mass is 464 g/mol. The summed E-state index contributed by atoms with van der Waals surface area (Å²) in [5.41, 5.74) is 4.59. The topological polar surface area (TPSA) is 70.2 Å². The molecular weight excluding hydrogens is 439 g/mol. The van der Waals surface area contributed by atoms with Crippen LogP contribution < -0.4 is 5.56 Å². The van der Waals surface area contributed by atoms with Gasteiger partial charge in [0.2, 0.25) is 10.0 Å². The number of fused-ring (bicyclic) bond motifs is 1. The molecule has 0 aliphatic rings. The number of nitrogens with zero attached hydrogens (tertiary/aromatic N) is 1. The Labute approximate surface area is 192 Å². The first-order valence-corrected chi connectivity index (χ1v) is 12.0. The number of halogens is 1. The second-order valence-corrected chi connectivity index (χ2v) is 10.3. The molecule has 0 radical (unpaired) electrons. The zero-order valence-electron chi connectivity index (χ0n) is 18.7. The molecule has 0 unspecified atom stereocenters. The normalized spacial score (nSPS) is 11.9. The van der Waals surface area contributed by atoms with Gasteiger partial charge in [-0.15, -0.1) is 0 Å². The van der Waals surface area contributed by atoms with Crippen LogP contribution in [-0.4, -0.2) is 17.7 Å². The van der Waals surface area contributed by atoms with Gasteiger partial charge in [0.05, 0.1) is 4.90 Å². The van der Waals surface area contributed by atoms with E-state index in [-0.39, 0.29) is 23.5 Å². The molecule has 1 aromatic heterocycles. The van der Waals surface area contributed by atoms with E-state index in [1.165, 1.54) is 16.4 Å². The smallest absolute Gasteiger partial charge is 0.252 e. The predicted octanol–water partition coefficient (Wildman–Crippen LogP) is 4.98. The van der Waals surface area contributed by atoms with Crippen molar-refractivity contribution in [3.63, 3.8) is 0 Å². The molecule has 4 rings (SSSR count). The van der Waals surface area contributed by atoms with Crippen molar-refractivity contribution in [3.8, 4) is 0 Å². The van der Waals surface area contributed by atoms with E-state index in [9.17, 15) is 17.6 Å². The summed E-state index contributed by atoms with van der Waals surface area (Å²) in [6.07, 6.45) is 0. The van der Waals surface area contributed by atoms with Crippen molar-refractivity contribution in [3.05, 3.63) is 111 Å². The van der Waals surface area contributed by atoms with Crippen LogP contribution in [0.2, 0.25) is 0 Å². The van der Waals surface area contributed by atoms with Gasteiger partial charge in [-0.25, -0.2) is 12.8 Å². The fraction of sp³-hybridized carbons (Fsp3) is 0.192. The van der Waals surface area contributed by atoms with Crippen molar-refractivity contribution < 1.29 is 12.8 Å². The van der Waals surface area contributed by atoms with Gasteiger partial charge in [-0.05, 0) is 73.9 Å². The second kappa shape index (κ2) is 8.92. The van der Waals surface area contributed by atoms with E-state index < -0.39 is 15.8 Å². The summed E-state index contributed by atoms with van der Waals surface area (Å²) in [5.74, 6) is -0.518. The average Bonchev–Trinajstić information content (AvgIpc) is 2.75. The second-order valence-electron chi connectivity index (χ2n) is 8.38. The van der Waals surface area contributed by atoms with Crippen LogP contribution in [0.25, 0.3) is 10.9 Å². The summed E-state index contributed by atoms with van der Waals surface area (Å²) < 4.78 is 41.7. The molecule has 0 bridgehead atoms. The van der Waals surface area contributed by atoms with Crippen molar-refractivity contribution >= 4 is 20.9 Å². The van der Waals surface area contributed by atoms with Crippen molar-refractivity contribution in [1.29, 1.82) is 0 Å². The van der Waals surface area contributed by atoms with E-state index in [4.69, 9.17) is 0 Å². The lowest BCUT2D eigenvalue weighted by atomic mass is 10.0. The number of hydrogen-bond donors (Lipinski definition) is 1. The van der Waals surface area contributed by atoms with Gasteiger partial charge in [0, 0.05) is 29.6 Å². The lowest BCUT2D eigenvalue weighted by molar-refractivity contribution is 0.399. The number of pyridine rings is 1. The van der Waals surface area contributed by atoms with Gasteiger partial charge in [-0.3, -0.25) is 4.79 Å². The summed E-state index contributed by atoms with van der Waals surface area (Å²) in [5, 5.41) is 0.865. The molecule has 0 spiro atoms. The number of aryl methyl sites for hydroxylation is 3. The Morgan fingerprint density at radius 2 is 1.52 bits per heavy atom. The molecule has 1 N–H and O–H groups in total. The SMILES string of the molecule is Cc1ccc(CN(Cc2cc3c(C)cc(C)cc3[nH]c2=O)S(=O)(=O)c2ccc(F)cc2)cc1. The molecule has 0 aliphatic heterocycles. The molecule has 0 amide bonds. The fourth-order valence-corrected chi connectivity index (χ4v) is 5.31. The lowest BCUT2D eigenvalue weighted by Crippen LogP contribution is -2.32. The minimum Gasteiger partial charge on any atom is -0.322 e. The molecule has 0 saturated carbocycles. The van der Waals surface area contributed by atoms with Crippen LogP contribution in [0.3, 0.4) is 0 Å². The van der Waals surface area contributed by atoms with Gasteiger partial charge in [-0.2, -0.15) is 4.31 Å². The number of sulfonamides is 1. The Balaban J connectivity index is 1.79. The summed E-state index contributed by atoms with van der Waals surface area (Å²) in [6.45, 7) is 5.82. The number of rotatable bonds is 6. The Morgan fingerprint density at radius 1 is 0.848 bits per heavy atom. The van der Waals surface area contributed by atoms with E-state index in [0.717, 1.165) is 39.8 Å². The van der Waals surface area contributed by atoms with E-state index in [2.05, 4.69) is 4.98 Å². The number of aromatic amines is 1. The third-order valence-corrected chi connectivity index (χ3v) is 7.47. The quantitative estimate of drug-likeness (QED) is 0.437. The Bertz CT molecular complexity index is 1480.